The van der Waals surface area contributed by atoms with E-state index in [1.165, 1.54) is 0 Å². The SMILES string of the molecule is C=CCOP(=O)(O)C(Cl)(Cl)P(=O)(O)OCC=C. The first-order valence-electron chi connectivity index (χ1n) is 4.17. The van der Waals surface area contributed by atoms with Crippen LogP contribution in [0.25, 0.3) is 0 Å². The van der Waals surface area contributed by atoms with Crippen LogP contribution in [-0.4, -0.2) is 26.8 Å². The summed E-state index contributed by atoms with van der Waals surface area (Å²) in [6, 6.07) is 0. The summed E-state index contributed by atoms with van der Waals surface area (Å²) in [5.41, 5.74) is 0. The first-order chi connectivity index (χ1) is 7.62. The maximum absolute atomic E-state index is 11.6. The van der Waals surface area contributed by atoms with Gasteiger partial charge in [-0.1, -0.05) is 35.4 Å². The lowest BCUT2D eigenvalue weighted by molar-refractivity contribution is 0.264. The van der Waals surface area contributed by atoms with E-state index in [1.54, 1.807) is 0 Å². The number of hydrogen-bond donors (Lipinski definition) is 2. The highest BCUT2D eigenvalue weighted by atomic mass is 35.5. The summed E-state index contributed by atoms with van der Waals surface area (Å²) in [6.45, 7) is 5.75. The Labute approximate surface area is 109 Å². The molecular formula is C7H12Cl2O6P2. The highest BCUT2D eigenvalue weighted by molar-refractivity contribution is 7.79. The van der Waals surface area contributed by atoms with Gasteiger partial charge in [-0.15, -0.1) is 13.2 Å². The quantitative estimate of drug-likeness (QED) is 0.405. The fourth-order valence-electron chi connectivity index (χ4n) is 0.622. The van der Waals surface area contributed by atoms with Crippen molar-refractivity contribution in [1.29, 1.82) is 0 Å². The van der Waals surface area contributed by atoms with Gasteiger partial charge in [0.1, 0.15) is 0 Å². The molecule has 100 valence electrons. The zero-order chi connectivity index (χ0) is 13.7. The van der Waals surface area contributed by atoms with Crippen LogP contribution in [0.5, 0.6) is 0 Å². The van der Waals surface area contributed by atoms with Crippen molar-refractivity contribution in [3.8, 4) is 0 Å². The molecule has 0 aliphatic heterocycles. The van der Waals surface area contributed by atoms with Crippen LogP contribution in [-0.2, 0) is 18.2 Å². The Hall–Kier alpha value is 0.360. The summed E-state index contributed by atoms with van der Waals surface area (Å²) in [5, 5.41) is 0. The molecule has 17 heavy (non-hydrogen) atoms. The summed E-state index contributed by atoms with van der Waals surface area (Å²) < 4.78 is 29.0. The van der Waals surface area contributed by atoms with Crippen molar-refractivity contribution in [3.05, 3.63) is 25.3 Å². The zero-order valence-electron chi connectivity index (χ0n) is 8.66. The van der Waals surface area contributed by atoms with Crippen molar-refractivity contribution in [2.45, 2.75) is 3.82 Å². The van der Waals surface area contributed by atoms with Crippen molar-refractivity contribution in [3.63, 3.8) is 0 Å². The third-order valence-electron chi connectivity index (χ3n) is 1.41. The Morgan fingerprint density at radius 2 is 1.35 bits per heavy atom. The van der Waals surface area contributed by atoms with Gasteiger partial charge in [0, 0.05) is 0 Å². The van der Waals surface area contributed by atoms with E-state index < -0.39 is 19.0 Å². The second-order valence-electron chi connectivity index (χ2n) is 2.72. The standard InChI is InChI=1S/C7H12Cl2O6P2/c1-3-5-14-16(10,11)7(8,9)17(12,13)15-6-4-2/h3-4H,1-2,5-6H2,(H,10,11)(H,12,13). The van der Waals surface area contributed by atoms with E-state index >= 15 is 0 Å². The minimum absolute atomic E-state index is 0.365. The summed E-state index contributed by atoms with van der Waals surface area (Å²) in [4.78, 5) is 18.8. The van der Waals surface area contributed by atoms with Crippen LogP contribution in [0.3, 0.4) is 0 Å². The Bertz CT molecular complexity index is 349. The average Bonchev–Trinajstić information content (AvgIpc) is 2.23. The van der Waals surface area contributed by atoms with E-state index in [0.717, 1.165) is 12.2 Å². The molecule has 2 N–H and O–H groups in total. The lowest BCUT2D eigenvalue weighted by atomic mass is 10.7. The normalized spacial score (nSPS) is 19.1. The largest absolute Gasteiger partial charge is 0.376 e. The van der Waals surface area contributed by atoms with E-state index in [2.05, 4.69) is 22.2 Å². The molecule has 0 aromatic heterocycles. The second kappa shape index (κ2) is 6.50. The van der Waals surface area contributed by atoms with Crippen LogP contribution in [0.4, 0.5) is 0 Å². The molecule has 0 amide bonds. The van der Waals surface area contributed by atoms with Crippen LogP contribution in [0.1, 0.15) is 0 Å². The highest BCUT2D eigenvalue weighted by Crippen LogP contribution is 2.77. The van der Waals surface area contributed by atoms with E-state index in [1.807, 2.05) is 0 Å². The molecule has 0 aliphatic carbocycles. The van der Waals surface area contributed by atoms with Crippen LogP contribution in [0.2, 0.25) is 0 Å². The Balaban J connectivity index is 5.08. The van der Waals surface area contributed by atoms with Gasteiger partial charge in [-0.2, -0.15) is 0 Å². The van der Waals surface area contributed by atoms with Crippen LogP contribution >= 0.6 is 38.4 Å². The summed E-state index contributed by atoms with van der Waals surface area (Å²) >= 11 is 10.8. The van der Waals surface area contributed by atoms with Crippen molar-refractivity contribution < 1.29 is 28.0 Å². The molecule has 0 saturated heterocycles. The summed E-state index contributed by atoms with van der Waals surface area (Å²) in [5.74, 6) is 0. The first kappa shape index (κ1) is 17.4. The van der Waals surface area contributed by atoms with Gasteiger partial charge in [-0.05, 0) is 0 Å². The molecule has 2 unspecified atom stereocenters. The van der Waals surface area contributed by atoms with Crippen LogP contribution in [0.15, 0.2) is 25.3 Å². The molecule has 0 heterocycles. The van der Waals surface area contributed by atoms with Crippen LogP contribution < -0.4 is 0 Å². The average molecular weight is 325 g/mol. The summed E-state index contributed by atoms with van der Waals surface area (Å²) in [7, 11) is -9.57. The minimum Gasteiger partial charge on any atom is -0.322 e. The van der Waals surface area contributed by atoms with E-state index in [0.29, 0.717) is 0 Å². The van der Waals surface area contributed by atoms with Crippen molar-refractivity contribution in [1.82, 2.24) is 0 Å². The van der Waals surface area contributed by atoms with Gasteiger partial charge in [-0.25, -0.2) is 0 Å². The molecule has 0 rings (SSSR count). The number of alkyl halides is 2. The molecule has 0 aromatic rings. The van der Waals surface area contributed by atoms with Crippen molar-refractivity contribution in [2.75, 3.05) is 13.2 Å². The lowest BCUT2D eigenvalue weighted by Gasteiger charge is -2.27. The fraction of sp³-hybridized carbons (Fsp3) is 0.429. The number of rotatable bonds is 8. The summed E-state index contributed by atoms with van der Waals surface area (Å²) in [6.07, 6.45) is 2.30. The van der Waals surface area contributed by atoms with Crippen LogP contribution in [0, 0.1) is 0 Å². The first-order valence-corrected chi connectivity index (χ1v) is 8.08. The van der Waals surface area contributed by atoms with Gasteiger partial charge in [-0.3, -0.25) is 9.13 Å². The molecule has 0 saturated carbocycles. The Morgan fingerprint density at radius 3 is 1.59 bits per heavy atom. The smallest absolute Gasteiger partial charge is 0.322 e. The molecule has 0 aromatic carbocycles. The monoisotopic (exact) mass is 324 g/mol. The molecule has 2 atom stereocenters. The molecule has 10 heteroatoms. The molecular weight excluding hydrogens is 313 g/mol. The third kappa shape index (κ3) is 4.19. The topological polar surface area (TPSA) is 93.1 Å². The highest BCUT2D eigenvalue weighted by Gasteiger charge is 2.61. The molecule has 0 bridgehead atoms. The predicted molar refractivity (Wildman–Crippen MR) is 66.4 cm³/mol. The van der Waals surface area contributed by atoms with Crippen molar-refractivity contribution in [2.24, 2.45) is 0 Å². The molecule has 0 spiro atoms. The molecule has 6 nitrogen and oxygen atoms in total. The molecule has 0 fully saturated rings. The minimum atomic E-state index is -4.79. The van der Waals surface area contributed by atoms with E-state index in [4.69, 9.17) is 23.2 Å². The second-order valence-corrected chi connectivity index (χ2v) is 9.39. The number of halogens is 2. The maximum Gasteiger partial charge on any atom is 0.376 e. The Kier molecular flexibility index (Phi) is 6.64. The van der Waals surface area contributed by atoms with Gasteiger partial charge in [0.2, 0.25) is 0 Å². The van der Waals surface area contributed by atoms with Gasteiger partial charge in [0.25, 0.3) is 0 Å². The predicted octanol–water partition coefficient (Wildman–Crippen LogP) is 2.85. The molecule has 0 radical (unpaired) electrons. The van der Waals surface area contributed by atoms with E-state index in [9.17, 15) is 18.9 Å². The van der Waals surface area contributed by atoms with Crippen molar-refractivity contribution >= 4 is 38.4 Å². The third-order valence-corrected chi connectivity index (χ3v) is 7.85. The fourth-order valence-corrected chi connectivity index (χ4v) is 3.76. The van der Waals surface area contributed by atoms with E-state index in [-0.39, 0.29) is 13.2 Å². The van der Waals surface area contributed by atoms with Gasteiger partial charge < -0.3 is 18.8 Å². The maximum atomic E-state index is 11.6. The van der Waals surface area contributed by atoms with Gasteiger partial charge >= 0.3 is 19.0 Å². The molecule has 0 aliphatic rings. The number of hydrogen-bond acceptors (Lipinski definition) is 4. The zero-order valence-corrected chi connectivity index (χ0v) is 12.0. The van der Waals surface area contributed by atoms with Gasteiger partial charge in [0.05, 0.1) is 13.2 Å². The Morgan fingerprint density at radius 1 is 1.06 bits per heavy atom. The lowest BCUT2D eigenvalue weighted by Crippen LogP contribution is -2.17. The van der Waals surface area contributed by atoms with Gasteiger partial charge in [0.15, 0.2) is 0 Å².